The second-order valence-corrected chi connectivity index (χ2v) is 3.61. The zero-order chi connectivity index (χ0) is 11.0. The number of ether oxygens (including phenoxy) is 2. The highest BCUT2D eigenvalue weighted by molar-refractivity contribution is 6.30. The number of carbonyl (C=O) groups excluding carboxylic acids is 1. The molecule has 84 valence electrons. The van der Waals surface area contributed by atoms with Crippen LogP contribution in [0.5, 0.6) is 0 Å². The number of methoxy groups -OCH3 is 2. The minimum Gasteiger partial charge on any atom is -0.468 e. The molecule has 0 aliphatic heterocycles. The SMILES string of the molecule is COCCC(C)NCC(Cl)C(=O)OC. The summed E-state index contributed by atoms with van der Waals surface area (Å²) in [5.41, 5.74) is 0. The van der Waals surface area contributed by atoms with E-state index in [2.05, 4.69) is 10.1 Å². The summed E-state index contributed by atoms with van der Waals surface area (Å²) in [5, 5.41) is 2.50. The molecule has 0 saturated carbocycles. The molecule has 0 aromatic rings. The highest BCUT2D eigenvalue weighted by Gasteiger charge is 2.15. The smallest absolute Gasteiger partial charge is 0.325 e. The molecule has 1 N–H and O–H groups in total. The Morgan fingerprint density at radius 1 is 1.50 bits per heavy atom. The lowest BCUT2D eigenvalue weighted by Crippen LogP contribution is -2.36. The number of nitrogens with one attached hydrogen (secondary N) is 1. The van der Waals surface area contributed by atoms with E-state index in [1.165, 1.54) is 7.11 Å². The van der Waals surface area contributed by atoms with E-state index in [1.54, 1.807) is 7.11 Å². The molecule has 0 bridgehead atoms. The van der Waals surface area contributed by atoms with Crippen molar-refractivity contribution in [3.63, 3.8) is 0 Å². The van der Waals surface area contributed by atoms with Gasteiger partial charge in [0, 0.05) is 26.3 Å². The summed E-state index contributed by atoms with van der Waals surface area (Å²) in [7, 11) is 2.98. The normalized spacial score (nSPS) is 14.9. The number of halogens is 1. The minimum absolute atomic E-state index is 0.279. The molecule has 14 heavy (non-hydrogen) atoms. The zero-order valence-corrected chi connectivity index (χ0v) is 9.63. The average Bonchev–Trinajstić information content (AvgIpc) is 2.21. The molecule has 0 spiro atoms. The van der Waals surface area contributed by atoms with Gasteiger partial charge in [0.2, 0.25) is 0 Å². The van der Waals surface area contributed by atoms with Gasteiger partial charge < -0.3 is 14.8 Å². The van der Waals surface area contributed by atoms with Crippen molar-refractivity contribution in [1.82, 2.24) is 5.32 Å². The van der Waals surface area contributed by atoms with Gasteiger partial charge in [0.15, 0.2) is 0 Å². The van der Waals surface area contributed by atoms with Crippen molar-refractivity contribution >= 4 is 17.6 Å². The van der Waals surface area contributed by atoms with Crippen molar-refractivity contribution in [2.75, 3.05) is 27.4 Å². The molecule has 0 aliphatic rings. The maximum atomic E-state index is 10.9. The first-order valence-electron chi connectivity index (χ1n) is 4.56. The van der Waals surface area contributed by atoms with Gasteiger partial charge in [-0.1, -0.05) is 0 Å². The quantitative estimate of drug-likeness (QED) is 0.512. The largest absolute Gasteiger partial charge is 0.468 e. The summed E-state index contributed by atoms with van der Waals surface area (Å²) in [6.07, 6.45) is 0.890. The molecular weight excluding hydrogens is 206 g/mol. The number of rotatable bonds is 7. The Kier molecular flexibility index (Phi) is 7.84. The van der Waals surface area contributed by atoms with E-state index in [-0.39, 0.29) is 6.04 Å². The van der Waals surface area contributed by atoms with Crippen LogP contribution in [0.3, 0.4) is 0 Å². The van der Waals surface area contributed by atoms with Gasteiger partial charge in [-0.15, -0.1) is 11.6 Å². The van der Waals surface area contributed by atoms with Gasteiger partial charge in [0.05, 0.1) is 7.11 Å². The summed E-state index contributed by atoms with van der Waals surface area (Å²) in [4.78, 5) is 10.9. The fourth-order valence-corrected chi connectivity index (χ4v) is 1.09. The molecule has 0 fully saturated rings. The summed E-state index contributed by atoms with van der Waals surface area (Å²) in [5.74, 6) is -0.405. The van der Waals surface area contributed by atoms with Gasteiger partial charge in [-0.3, -0.25) is 4.79 Å². The van der Waals surface area contributed by atoms with Crippen LogP contribution in [0.2, 0.25) is 0 Å². The highest BCUT2D eigenvalue weighted by Crippen LogP contribution is 1.98. The van der Waals surface area contributed by atoms with Crippen LogP contribution in [0.1, 0.15) is 13.3 Å². The molecule has 0 radical (unpaired) electrons. The van der Waals surface area contributed by atoms with Crippen LogP contribution in [0, 0.1) is 0 Å². The van der Waals surface area contributed by atoms with E-state index >= 15 is 0 Å². The number of carbonyl (C=O) groups is 1. The summed E-state index contributed by atoms with van der Waals surface area (Å²) < 4.78 is 9.41. The Bertz CT molecular complexity index is 166. The lowest BCUT2D eigenvalue weighted by Gasteiger charge is -2.14. The van der Waals surface area contributed by atoms with Crippen LogP contribution in [0.4, 0.5) is 0 Å². The van der Waals surface area contributed by atoms with E-state index in [4.69, 9.17) is 16.3 Å². The summed E-state index contributed by atoms with van der Waals surface area (Å²) in [6, 6.07) is 0.279. The minimum atomic E-state index is -0.620. The van der Waals surface area contributed by atoms with Crippen LogP contribution in [-0.4, -0.2) is 44.8 Å². The third-order valence-corrected chi connectivity index (χ3v) is 2.19. The second-order valence-electron chi connectivity index (χ2n) is 3.08. The summed E-state index contributed by atoms with van der Waals surface area (Å²) in [6.45, 7) is 3.12. The summed E-state index contributed by atoms with van der Waals surface area (Å²) >= 11 is 5.74. The Hall–Kier alpha value is -0.320. The predicted molar refractivity (Wildman–Crippen MR) is 55.6 cm³/mol. The van der Waals surface area contributed by atoms with Crippen LogP contribution >= 0.6 is 11.6 Å². The molecular formula is C9H18ClNO3. The molecule has 0 aromatic carbocycles. The number of alkyl halides is 1. The Morgan fingerprint density at radius 2 is 2.14 bits per heavy atom. The lowest BCUT2D eigenvalue weighted by molar-refractivity contribution is -0.140. The fourth-order valence-electron chi connectivity index (χ4n) is 0.913. The van der Waals surface area contributed by atoms with Gasteiger partial charge in [-0.25, -0.2) is 0 Å². The van der Waals surface area contributed by atoms with Crippen molar-refractivity contribution in [3.05, 3.63) is 0 Å². The average molecular weight is 224 g/mol. The maximum Gasteiger partial charge on any atom is 0.325 e. The Morgan fingerprint density at radius 3 is 2.64 bits per heavy atom. The van der Waals surface area contributed by atoms with Crippen molar-refractivity contribution in [2.24, 2.45) is 0 Å². The van der Waals surface area contributed by atoms with E-state index in [0.717, 1.165) is 6.42 Å². The monoisotopic (exact) mass is 223 g/mol. The Balaban J connectivity index is 3.55. The molecule has 2 unspecified atom stereocenters. The molecule has 0 aliphatic carbocycles. The third kappa shape index (κ3) is 6.18. The molecule has 0 aromatic heterocycles. The van der Waals surface area contributed by atoms with Gasteiger partial charge in [-0.05, 0) is 13.3 Å². The number of hydrogen-bond donors (Lipinski definition) is 1. The zero-order valence-electron chi connectivity index (χ0n) is 8.88. The Labute approximate surface area is 89.9 Å². The third-order valence-electron chi connectivity index (χ3n) is 1.86. The first kappa shape index (κ1) is 13.7. The van der Waals surface area contributed by atoms with Crippen molar-refractivity contribution in [1.29, 1.82) is 0 Å². The van der Waals surface area contributed by atoms with E-state index in [1.807, 2.05) is 6.92 Å². The first-order chi connectivity index (χ1) is 6.61. The molecule has 0 heterocycles. The first-order valence-corrected chi connectivity index (χ1v) is 4.99. The molecule has 5 heteroatoms. The molecule has 0 amide bonds. The van der Waals surface area contributed by atoms with Gasteiger partial charge in [0.1, 0.15) is 5.38 Å². The molecule has 0 saturated heterocycles. The van der Waals surface area contributed by atoms with Crippen LogP contribution < -0.4 is 5.32 Å². The molecule has 0 rings (SSSR count). The van der Waals surface area contributed by atoms with Crippen molar-refractivity contribution in [3.8, 4) is 0 Å². The van der Waals surface area contributed by atoms with Crippen LogP contribution in [0.25, 0.3) is 0 Å². The molecule has 2 atom stereocenters. The van der Waals surface area contributed by atoms with Crippen LogP contribution in [0.15, 0.2) is 0 Å². The fraction of sp³-hybridized carbons (Fsp3) is 0.889. The standard InChI is InChI=1S/C9H18ClNO3/c1-7(4-5-13-2)11-6-8(10)9(12)14-3/h7-8,11H,4-6H2,1-3H3. The van der Waals surface area contributed by atoms with Gasteiger partial charge in [0.25, 0.3) is 0 Å². The van der Waals surface area contributed by atoms with E-state index < -0.39 is 11.3 Å². The predicted octanol–water partition coefficient (Wildman–Crippen LogP) is 0.781. The van der Waals surface area contributed by atoms with E-state index in [0.29, 0.717) is 13.2 Å². The van der Waals surface area contributed by atoms with Gasteiger partial charge in [-0.2, -0.15) is 0 Å². The van der Waals surface area contributed by atoms with Gasteiger partial charge >= 0.3 is 5.97 Å². The molecule has 4 nitrogen and oxygen atoms in total. The topological polar surface area (TPSA) is 47.6 Å². The highest BCUT2D eigenvalue weighted by atomic mass is 35.5. The maximum absolute atomic E-state index is 10.9. The van der Waals surface area contributed by atoms with E-state index in [9.17, 15) is 4.79 Å². The van der Waals surface area contributed by atoms with Crippen molar-refractivity contribution in [2.45, 2.75) is 24.8 Å². The second kappa shape index (κ2) is 8.03. The number of esters is 1. The van der Waals surface area contributed by atoms with Crippen LogP contribution in [-0.2, 0) is 14.3 Å². The number of hydrogen-bond acceptors (Lipinski definition) is 4. The lowest BCUT2D eigenvalue weighted by atomic mass is 10.2. The van der Waals surface area contributed by atoms with Crippen molar-refractivity contribution < 1.29 is 14.3 Å².